The molecule has 5 N–H and O–H groups in total. The molecule has 0 aliphatic carbocycles. The van der Waals surface area contributed by atoms with Crippen molar-refractivity contribution in [3.8, 4) is 10.7 Å². The van der Waals surface area contributed by atoms with E-state index >= 15 is 0 Å². The van der Waals surface area contributed by atoms with Gasteiger partial charge in [0, 0.05) is 40.8 Å². The van der Waals surface area contributed by atoms with E-state index in [1.54, 1.807) is 0 Å². The molecule has 4 aromatic rings. The van der Waals surface area contributed by atoms with Crippen molar-refractivity contribution in [2.45, 2.75) is 43.7 Å². The van der Waals surface area contributed by atoms with Gasteiger partial charge in [0.25, 0.3) is 5.56 Å². The summed E-state index contributed by atoms with van der Waals surface area (Å²) in [5.74, 6) is 1.27. The molecule has 2 saturated heterocycles. The molecule has 0 aromatic carbocycles. The van der Waals surface area contributed by atoms with Crippen molar-refractivity contribution in [2.24, 2.45) is 0 Å². The zero-order valence-corrected chi connectivity index (χ0v) is 16.0. The number of aromatic amines is 2. The molecule has 2 bridgehead atoms. The number of nitrogen functional groups attached to an aromatic ring is 1. The van der Waals surface area contributed by atoms with Gasteiger partial charge in [-0.15, -0.1) is 11.3 Å². The summed E-state index contributed by atoms with van der Waals surface area (Å²) in [5, 5.41) is 4.54. The fraction of sp³-hybridized carbons (Fsp3) is 0.350. The third kappa shape index (κ3) is 2.56. The Labute approximate surface area is 164 Å². The second-order valence-corrected chi connectivity index (χ2v) is 8.99. The van der Waals surface area contributed by atoms with E-state index in [2.05, 4.69) is 27.4 Å². The third-order valence-corrected chi connectivity index (χ3v) is 7.12. The van der Waals surface area contributed by atoms with Crippen LogP contribution in [0.2, 0.25) is 0 Å². The van der Waals surface area contributed by atoms with E-state index in [0.29, 0.717) is 23.7 Å². The molecular formula is C20H20N6OS. The van der Waals surface area contributed by atoms with Gasteiger partial charge < -0.3 is 21.0 Å². The normalized spacial score (nSPS) is 24.4. The molecule has 7 nitrogen and oxygen atoms in total. The lowest BCUT2D eigenvalue weighted by molar-refractivity contribution is 0.359. The van der Waals surface area contributed by atoms with Crippen LogP contribution in [-0.2, 0) is 0 Å². The number of H-pyrrole nitrogens is 2. The van der Waals surface area contributed by atoms with Gasteiger partial charge in [-0.25, -0.2) is 9.97 Å². The van der Waals surface area contributed by atoms with Gasteiger partial charge in [0.05, 0.1) is 10.4 Å². The van der Waals surface area contributed by atoms with E-state index in [-0.39, 0.29) is 5.56 Å². The zero-order valence-electron chi connectivity index (χ0n) is 15.2. The molecule has 0 saturated carbocycles. The standard InChI is InChI=1S/C20H20N6OS/c21-13-8-17(27)25-20-12(13)7-16(28-20)19-24-15-4-3-14(23-18(15)26-19)9-5-10-1-2-11(6-9)22-10/h3-4,7-11,22H,1-2,5-6H2,(H3,21,25,27)(H,23,24,26). The first kappa shape index (κ1) is 16.3. The van der Waals surface area contributed by atoms with E-state index in [1.165, 1.54) is 30.2 Å². The van der Waals surface area contributed by atoms with Crippen LogP contribution in [0.4, 0.5) is 5.69 Å². The van der Waals surface area contributed by atoms with Crippen LogP contribution < -0.4 is 16.6 Å². The van der Waals surface area contributed by atoms with Crippen LogP contribution in [0.5, 0.6) is 0 Å². The van der Waals surface area contributed by atoms with Gasteiger partial charge in [0.2, 0.25) is 0 Å². The van der Waals surface area contributed by atoms with Gasteiger partial charge in [-0.1, -0.05) is 0 Å². The number of pyridine rings is 2. The van der Waals surface area contributed by atoms with Crippen LogP contribution in [0, 0.1) is 0 Å². The molecule has 6 rings (SSSR count). The predicted octanol–water partition coefficient (Wildman–Crippen LogP) is 3.11. The van der Waals surface area contributed by atoms with Crippen LogP contribution >= 0.6 is 11.3 Å². The summed E-state index contributed by atoms with van der Waals surface area (Å²) < 4.78 is 0. The molecule has 0 radical (unpaired) electrons. The molecule has 2 fully saturated rings. The second-order valence-electron chi connectivity index (χ2n) is 7.94. The minimum Gasteiger partial charge on any atom is -0.398 e. The summed E-state index contributed by atoms with van der Waals surface area (Å²) >= 11 is 1.47. The Morgan fingerprint density at radius 3 is 2.71 bits per heavy atom. The van der Waals surface area contributed by atoms with E-state index in [1.807, 2.05) is 6.07 Å². The Bertz CT molecular complexity index is 1260. The molecule has 0 amide bonds. The number of hydrogen-bond donors (Lipinski definition) is 4. The molecule has 2 atom stereocenters. The molecular weight excluding hydrogens is 372 g/mol. The molecule has 2 aliphatic rings. The van der Waals surface area contributed by atoms with Crippen molar-refractivity contribution in [3.63, 3.8) is 0 Å². The van der Waals surface area contributed by atoms with Gasteiger partial charge in [-0.2, -0.15) is 0 Å². The first-order valence-corrected chi connectivity index (χ1v) is 10.5. The Balaban J connectivity index is 1.39. The molecule has 142 valence electrons. The number of thiophene rings is 1. The topological polar surface area (TPSA) is 112 Å². The number of nitrogens with one attached hydrogen (secondary N) is 3. The van der Waals surface area contributed by atoms with Crippen molar-refractivity contribution >= 4 is 38.4 Å². The lowest BCUT2D eigenvalue weighted by Crippen LogP contribution is -2.37. The van der Waals surface area contributed by atoms with Gasteiger partial charge in [0.15, 0.2) is 11.5 Å². The summed E-state index contributed by atoms with van der Waals surface area (Å²) in [7, 11) is 0. The van der Waals surface area contributed by atoms with Crippen molar-refractivity contribution in [1.82, 2.24) is 25.3 Å². The number of fused-ring (bicyclic) bond motifs is 4. The number of rotatable bonds is 2. The van der Waals surface area contributed by atoms with Crippen LogP contribution in [-0.4, -0.2) is 32.0 Å². The van der Waals surface area contributed by atoms with Gasteiger partial charge >= 0.3 is 0 Å². The van der Waals surface area contributed by atoms with Crippen molar-refractivity contribution in [3.05, 3.63) is 40.3 Å². The van der Waals surface area contributed by atoms with E-state index in [0.717, 1.165) is 50.6 Å². The highest BCUT2D eigenvalue weighted by Crippen LogP contribution is 2.37. The molecule has 0 spiro atoms. The lowest BCUT2D eigenvalue weighted by Gasteiger charge is -2.28. The SMILES string of the molecule is Nc1cc(=O)[nH]c2sc(-c3nc4nc(C5CC6CCC(C5)N6)ccc4[nH]3)cc12. The molecule has 28 heavy (non-hydrogen) atoms. The summed E-state index contributed by atoms with van der Waals surface area (Å²) in [6, 6.07) is 8.89. The number of anilines is 1. The summed E-state index contributed by atoms with van der Waals surface area (Å²) in [6.07, 6.45) is 4.89. The number of hydrogen-bond acceptors (Lipinski definition) is 6. The van der Waals surface area contributed by atoms with Crippen LogP contribution in [0.25, 0.3) is 32.1 Å². The van der Waals surface area contributed by atoms with Crippen LogP contribution in [0.3, 0.4) is 0 Å². The summed E-state index contributed by atoms with van der Waals surface area (Å²) in [4.78, 5) is 29.2. The van der Waals surface area contributed by atoms with Gasteiger partial charge in [0.1, 0.15) is 4.83 Å². The van der Waals surface area contributed by atoms with E-state index in [4.69, 9.17) is 15.7 Å². The smallest absolute Gasteiger partial charge is 0.251 e. The fourth-order valence-corrected chi connectivity index (χ4v) is 5.76. The number of imidazole rings is 1. The zero-order chi connectivity index (χ0) is 18.8. The Hall–Kier alpha value is -2.71. The number of nitrogens with two attached hydrogens (primary N) is 1. The third-order valence-electron chi connectivity index (χ3n) is 6.06. The molecule has 4 aromatic heterocycles. The maximum Gasteiger partial charge on any atom is 0.251 e. The van der Waals surface area contributed by atoms with Crippen LogP contribution in [0.1, 0.15) is 37.3 Å². The van der Waals surface area contributed by atoms with Gasteiger partial charge in [-0.05, 0) is 43.9 Å². The molecule has 2 aliphatic heterocycles. The molecule has 2 unspecified atom stereocenters. The predicted molar refractivity (Wildman–Crippen MR) is 112 cm³/mol. The summed E-state index contributed by atoms with van der Waals surface area (Å²) in [6.45, 7) is 0. The highest BCUT2D eigenvalue weighted by Gasteiger charge is 2.34. The maximum absolute atomic E-state index is 11.7. The Kier molecular flexibility index (Phi) is 3.42. The quantitative estimate of drug-likeness (QED) is 0.419. The summed E-state index contributed by atoms with van der Waals surface area (Å²) in [5.41, 5.74) is 9.11. The molecule has 6 heterocycles. The van der Waals surface area contributed by atoms with E-state index < -0.39 is 0 Å². The Morgan fingerprint density at radius 2 is 1.89 bits per heavy atom. The van der Waals surface area contributed by atoms with E-state index in [9.17, 15) is 4.79 Å². The van der Waals surface area contributed by atoms with Gasteiger partial charge in [-0.3, -0.25) is 4.79 Å². The number of aromatic nitrogens is 4. The minimum atomic E-state index is -0.190. The fourth-order valence-electron chi connectivity index (χ4n) is 4.73. The maximum atomic E-state index is 11.7. The van der Waals surface area contributed by atoms with Crippen LogP contribution in [0.15, 0.2) is 29.1 Å². The highest BCUT2D eigenvalue weighted by molar-refractivity contribution is 7.21. The average Bonchev–Trinajstić information content (AvgIpc) is 3.37. The lowest BCUT2D eigenvalue weighted by atomic mass is 9.89. The van der Waals surface area contributed by atoms with Crippen molar-refractivity contribution in [2.75, 3.05) is 5.73 Å². The minimum absolute atomic E-state index is 0.190. The second kappa shape index (κ2) is 5.89. The molecule has 8 heteroatoms. The average molecular weight is 392 g/mol. The van der Waals surface area contributed by atoms with Crippen molar-refractivity contribution in [1.29, 1.82) is 0 Å². The largest absolute Gasteiger partial charge is 0.398 e. The van der Waals surface area contributed by atoms with Crippen molar-refractivity contribution < 1.29 is 0 Å². The number of piperidine rings is 1. The first-order valence-electron chi connectivity index (χ1n) is 9.68. The monoisotopic (exact) mass is 392 g/mol. The highest BCUT2D eigenvalue weighted by atomic mass is 32.1. The first-order chi connectivity index (χ1) is 13.6. The Morgan fingerprint density at radius 1 is 1.07 bits per heavy atom. The number of nitrogens with zero attached hydrogens (tertiary/aromatic N) is 2.